The predicted octanol–water partition coefficient (Wildman–Crippen LogP) is 2.74. The number of alkyl halides is 3. The van der Waals surface area contributed by atoms with Crippen LogP contribution in [-0.4, -0.2) is 19.3 Å². The fourth-order valence-electron chi connectivity index (χ4n) is 1.46. The molecule has 0 heterocycles. The zero-order chi connectivity index (χ0) is 12.7. The summed E-state index contributed by atoms with van der Waals surface area (Å²) in [6, 6.07) is 7.48. The minimum atomic E-state index is -4.04. The van der Waals surface area contributed by atoms with E-state index < -0.39 is 12.6 Å². The number of nitrogens with two attached hydrogens (primary N) is 1. The first-order valence-electron chi connectivity index (χ1n) is 5.59. The van der Waals surface area contributed by atoms with Gasteiger partial charge in [0.2, 0.25) is 0 Å². The second-order valence-corrected chi connectivity index (χ2v) is 3.96. The molecule has 0 amide bonds. The molecular formula is C12H17F3N2. The molecular weight excluding hydrogens is 229 g/mol. The van der Waals surface area contributed by atoms with Gasteiger partial charge in [0.25, 0.3) is 0 Å². The van der Waals surface area contributed by atoms with Crippen molar-refractivity contribution in [1.29, 1.82) is 0 Å². The molecule has 0 aliphatic rings. The largest absolute Gasteiger partial charge is 0.399 e. The van der Waals surface area contributed by atoms with Gasteiger partial charge >= 0.3 is 6.18 Å². The van der Waals surface area contributed by atoms with Gasteiger partial charge in [-0.3, -0.25) is 0 Å². The highest BCUT2D eigenvalue weighted by molar-refractivity contribution is 5.39. The Hall–Kier alpha value is -1.23. The third-order valence-corrected chi connectivity index (χ3v) is 2.38. The van der Waals surface area contributed by atoms with Gasteiger partial charge in [0.05, 0.1) is 0 Å². The van der Waals surface area contributed by atoms with Gasteiger partial charge in [-0.25, -0.2) is 0 Å². The first-order valence-corrected chi connectivity index (χ1v) is 5.59. The summed E-state index contributed by atoms with van der Waals surface area (Å²) in [4.78, 5) is 0. The number of halogens is 3. The number of anilines is 1. The molecule has 1 aromatic carbocycles. The van der Waals surface area contributed by atoms with Gasteiger partial charge < -0.3 is 11.1 Å². The molecule has 3 N–H and O–H groups in total. The van der Waals surface area contributed by atoms with E-state index >= 15 is 0 Å². The van der Waals surface area contributed by atoms with E-state index in [-0.39, 0.29) is 6.42 Å². The molecule has 0 atom stereocenters. The maximum Gasteiger partial charge on any atom is 0.389 e. The van der Waals surface area contributed by atoms with E-state index in [0.717, 1.165) is 12.0 Å². The molecule has 0 bridgehead atoms. The van der Waals surface area contributed by atoms with Crippen molar-refractivity contribution in [2.75, 3.05) is 18.8 Å². The van der Waals surface area contributed by atoms with E-state index in [9.17, 15) is 13.2 Å². The molecule has 0 aromatic heterocycles. The van der Waals surface area contributed by atoms with E-state index in [1.807, 2.05) is 24.3 Å². The average molecular weight is 246 g/mol. The molecule has 96 valence electrons. The number of nitrogens with one attached hydrogen (secondary N) is 1. The Morgan fingerprint density at radius 2 is 1.71 bits per heavy atom. The standard InChI is InChI=1S/C12H17F3N2/c13-12(14,15)7-1-8-17-9-6-10-2-4-11(16)5-3-10/h2-5,17H,1,6-9,16H2. The van der Waals surface area contributed by atoms with Crippen LogP contribution in [0.2, 0.25) is 0 Å². The molecule has 1 rings (SSSR count). The van der Waals surface area contributed by atoms with Crippen LogP contribution in [0.25, 0.3) is 0 Å². The highest BCUT2D eigenvalue weighted by atomic mass is 19.4. The van der Waals surface area contributed by atoms with Crippen molar-refractivity contribution in [3.8, 4) is 0 Å². The van der Waals surface area contributed by atoms with Crippen molar-refractivity contribution >= 4 is 5.69 Å². The van der Waals surface area contributed by atoms with Crippen molar-refractivity contribution in [3.05, 3.63) is 29.8 Å². The minimum Gasteiger partial charge on any atom is -0.399 e. The molecule has 0 saturated heterocycles. The lowest BCUT2D eigenvalue weighted by Gasteiger charge is -2.07. The normalized spacial score (nSPS) is 11.7. The Kier molecular flexibility index (Phi) is 5.28. The Balaban J connectivity index is 2.07. The highest BCUT2D eigenvalue weighted by Gasteiger charge is 2.25. The third kappa shape index (κ3) is 6.84. The summed E-state index contributed by atoms with van der Waals surface area (Å²) in [6.45, 7) is 1.08. The SMILES string of the molecule is Nc1ccc(CCNCCCC(F)(F)F)cc1. The monoisotopic (exact) mass is 246 g/mol. The lowest BCUT2D eigenvalue weighted by molar-refractivity contribution is -0.135. The second kappa shape index (κ2) is 6.49. The summed E-state index contributed by atoms with van der Waals surface area (Å²) in [7, 11) is 0. The summed E-state index contributed by atoms with van der Waals surface area (Å²) in [5.74, 6) is 0. The fraction of sp³-hybridized carbons (Fsp3) is 0.500. The zero-order valence-electron chi connectivity index (χ0n) is 9.56. The van der Waals surface area contributed by atoms with Gasteiger partial charge in [-0.05, 0) is 43.6 Å². The maximum absolute atomic E-state index is 11.8. The van der Waals surface area contributed by atoms with E-state index in [1.54, 1.807) is 0 Å². The summed E-state index contributed by atoms with van der Waals surface area (Å²) >= 11 is 0. The lowest BCUT2D eigenvalue weighted by atomic mass is 10.1. The number of rotatable bonds is 6. The lowest BCUT2D eigenvalue weighted by Crippen LogP contribution is -2.20. The van der Waals surface area contributed by atoms with Gasteiger partial charge in [0.1, 0.15) is 0 Å². The molecule has 0 saturated carbocycles. The third-order valence-electron chi connectivity index (χ3n) is 2.38. The zero-order valence-corrected chi connectivity index (χ0v) is 9.56. The van der Waals surface area contributed by atoms with Crippen LogP contribution >= 0.6 is 0 Å². The first-order chi connectivity index (χ1) is 7.97. The molecule has 0 fully saturated rings. The molecule has 0 aliphatic heterocycles. The van der Waals surface area contributed by atoms with Crippen LogP contribution in [0.15, 0.2) is 24.3 Å². The molecule has 17 heavy (non-hydrogen) atoms. The smallest absolute Gasteiger partial charge is 0.389 e. The Morgan fingerprint density at radius 1 is 1.06 bits per heavy atom. The fourth-order valence-corrected chi connectivity index (χ4v) is 1.46. The summed E-state index contributed by atoms with van der Waals surface area (Å²) in [5, 5.41) is 2.99. The molecule has 0 spiro atoms. The molecule has 1 aromatic rings. The Bertz CT molecular complexity index is 320. The summed E-state index contributed by atoms with van der Waals surface area (Å²) in [5.41, 5.74) is 7.38. The minimum absolute atomic E-state index is 0.130. The highest BCUT2D eigenvalue weighted by Crippen LogP contribution is 2.20. The maximum atomic E-state index is 11.8. The Labute approximate surface area is 99.0 Å². The van der Waals surface area contributed by atoms with Crippen molar-refractivity contribution in [2.24, 2.45) is 0 Å². The van der Waals surface area contributed by atoms with Crippen molar-refractivity contribution in [2.45, 2.75) is 25.4 Å². The summed E-state index contributed by atoms with van der Waals surface area (Å²) < 4.78 is 35.5. The van der Waals surface area contributed by atoms with Gasteiger partial charge in [-0.1, -0.05) is 12.1 Å². The van der Waals surface area contributed by atoms with Crippen LogP contribution in [0.1, 0.15) is 18.4 Å². The van der Waals surface area contributed by atoms with E-state index in [2.05, 4.69) is 5.32 Å². The van der Waals surface area contributed by atoms with Crippen LogP contribution in [0.5, 0.6) is 0 Å². The number of hydrogen-bond donors (Lipinski definition) is 2. The van der Waals surface area contributed by atoms with E-state index in [0.29, 0.717) is 18.8 Å². The van der Waals surface area contributed by atoms with Crippen LogP contribution in [0.3, 0.4) is 0 Å². The van der Waals surface area contributed by atoms with Crippen molar-refractivity contribution in [1.82, 2.24) is 5.32 Å². The molecule has 2 nitrogen and oxygen atoms in total. The van der Waals surface area contributed by atoms with Crippen LogP contribution in [0, 0.1) is 0 Å². The molecule has 0 unspecified atom stereocenters. The van der Waals surface area contributed by atoms with Crippen molar-refractivity contribution < 1.29 is 13.2 Å². The van der Waals surface area contributed by atoms with E-state index in [1.165, 1.54) is 0 Å². The quantitative estimate of drug-likeness (QED) is 0.598. The van der Waals surface area contributed by atoms with Gasteiger partial charge in [-0.15, -0.1) is 0 Å². The van der Waals surface area contributed by atoms with Gasteiger partial charge in [0.15, 0.2) is 0 Å². The second-order valence-electron chi connectivity index (χ2n) is 3.96. The summed E-state index contributed by atoms with van der Waals surface area (Å²) in [6.07, 6.45) is -3.84. The Morgan fingerprint density at radius 3 is 2.29 bits per heavy atom. The number of benzene rings is 1. The molecule has 5 heteroatoms. The first kappa shape index (κ1) is 13.8. The van der Waals surface area contributed by atoms with Gasteiger partial charge in [0, 0.05) is 12.1 Å². The molecule has 0 aliphatic carbocycles. The van der Waals surface area contributed by atoms with Crippen LogP contribution < -0.4 is 11.1 Å². The predicted molar refractivity (Wildman–Crippen MR) is 62.7 cm³/mol. The van der Waals surface area contributed by atoms with E-state index in [4.69, 9.17) is 5.73 Å². The molecule has 0 radical (unpaired) electrons. The van der Waals surface area contributed by atoms with Gasteiger partial charge in [-0.2, -0.15) is 13.2 Å². The number of nitrogen functional groups attached to an aromatic ring is 1. The average Bonchev–Trinajstić information content (AvgIpc) is 2.24. The van der Waals surface area contributed by atoms with Crippen LogP contribution in [-0.2, 0) is 6.42 Å². The van der Waals surface area contributed by atoms with Crippen molar-refractivity contribution in [3.63, 3.8) is 0 Å². The number of hydrogen-bond acceptors (Lipinski definition) is 2. The van der Waals surface area contributed by atoms with Crippen LogP contribution in [0.4, 0.5) is 18.9 Å². The topological polar surface area (TPSA) is 38.0 Å².